The van der Waals surface area contributed by atoms with Crippen molar-refractivity contribution in [2.24, 2.45) is 0 Å². The number of rotatable bonds is 5. The summed E-state index contributed by atoms with van der Waals surface area (Å²) < 4.78 is 42.5. The molecule has 1 aromatic heterocycles. The molecule has 1 N–H and O–H groups in total. The summed E-state index contributed by atoms with van der Waals surface area (Å²) in [6.45, 7) is 0. The molecule has 1 aliphatic heterocycles. The molecule has 172 valence electrons. The SMILES string of the molecule is O=C(Cc1ccc(-c2ccccc2)cc1)c1cnn2c1NC(c1ccccc1)CC2C(F)(F)F. The minimum absolute atomic E-state index is 0.0716. The van der Waals surface area contributed by atoms with Gasteiger partial charge in [-0.2, -0.15) is 18.3 Å². The number of carbonyl (C=O) groups is 1. The number of Topliss-reactive ketones (excluding diaryl/α,β-unsaturated/α-hetero) is 1. The van der Waals surface area contributed by atoms with Gasteiger partial charge in [0.2, 0.25) is 0 Å². The summed E-state index contributed by atoms with van der Waals surface area (Å²) in [5, 5.41) is 7.10. The van der Waals surface area contributed by atoms with Crippen LogP contribution in [0.2, 0.25) is 0 Å². The zero-order valence-electron chi connectivity index (χ0n) is 18.2. The summed E-state index contributed by atoms with van der Waals surface area (Å²) in [4.78, 5) is 13.1. The monoisotopic (exact) mass is 461 g/mol. The third kappa shape index (κ3) is 4.33. The standard InChI is InChI=1S/C27H22F3N3O/c28-27(29,30)25-16-23(21-9-5-2-6-10-21)32-26-22(17-31-33(25)26)24(34)15-18-11-13-20(14-12-18)19-7-3-1-4-8-19/h1-14,17,23,25,32H,15-16H2. The predicted molar refractivity (Wildman–Crippen MR) is 125 cm³/mol. The smallest absolute Gasteiger partial charge is 0.363 e. The maximum atomic E-state index is 13.9. The van der Waals surface area contributed by atoms with Crippen LogP contribution in [0.5, 0.6) is 0 Å². The van der Waals surface area contributed by atoms with Crippen LogP contribution in [0.25, 0.3) is 11.1 Å². The molecule has 0 fully saturated rings. The van der Waals surface area contributed by atoms with Gasteiger partial charge >= 0.3 is 6.18 Å². The summed E-state index contributed by atoms with van der Waals surface area (Å²) in [6, 6.07) is 24.1. The molecule has 0 bridgehead atoms. The highest BCUT2D eigenvalue weighted by Gasteiger charge is 2.47. The lowest BCUT2D eigenvalue weighted by atomic mass is 9.95. The summed E-state index contributed by atoms with van der Waals surface area (Å²) in [5.74, 6) is -0.163. The molecule has 34 heavy (non-hydrogen) atoms. The molecule has 4 nitrogen and oxygen atoms in total. The fourth-order valence-electron chi connectivity index (χ4n) is 4.40. The van der Waals surface area contributed by atoms with E-state index in [-0.39, 0.29) is 30.0 Å². The highest BCUT2D eigenvalue weighted by molar-refractivity contribution is 6.01. The molecular formula is C27H22F3N3O. The van der Waals surface area contributed by atoms with Crippen molar-refractivity contribution in [3.05, 3.63) is 108 Å². The minimum Gasteiger partial charge on any atom is -0.363 e. The normalized spacial score (nSPS) is 17.6. The van der Waals surface area contributed by atoms with E-state index in [1.807, 2.05) is 60.7 Å². The van der Waals surface area contributed by atoms with Gasteiger partial charge in [-0.1, -0.05) is 84.9 Å². The van der Waals surface area contributed by atoms with Crippen molar-refractivity contribution >= 4 is 11.6 Å². The molecule has 0 aliphatic carbocycles. The molecule has 2 unspecified atom stereocenters. The first-order chi connectivity index (χ1) is 16.4. The molecule has 0 amide bonds. The summed E-state index contributed by atoms with van der Waals surface area (Å²) >= 11 is 0. The first kappa shape index (κ1) is 21.9. The van der Waals surface area contributed by atoms with E-state index in [2.05, 4.69) is 10.4 Å². The number of halogens is 3. The number of nitrogens with one attached hydrogen (secondary N) is 1. The zero-order valence-corrected chi connectivity index (χ0v) is 18.2. The number of alkyl halides is 3. The fourth-order valence-corrected chi connectivity index (χ4v) is 4.40. The van der Waals surface area contributed by atoms with Crippen molar-refractivity contribution in [1.82, 2.24) is 9.78 Å². The first-order valence-electron chi connectivity index (χ1n) is 11.0. The van der Waals surface area contributed by atoms with Crippen LogP contribution in [0.1, 0.15) is 40.0 Å². The number of anilines is 1. The summed E-state index contributed by atoms with van der Waals surface area (Å²) in [5.41, 5.74) is 3.79. The van der Waals surface area contributed by atoms with E-state index < -0.39 is 18.3 Å². The zero-order chi connectivity index (χ0) is 23.7. The fraction of sp³-hybridized carbons (Fsp3) is 0.185. The number of aromatic nitrogens is 2. The Morgan fingerprint density at radius 1 is 0.912 bits per heavy atom. The maximum Gasteiger partial charge on any atom is 0.410 e. The molecule has 0 saturated carbocycles. The second-order valence-corrected chi connectivity index (χ2v) is 8.42. The average molecular weight is 461 g/mol. The van der Waals surface area contributed by atoms with Crippen molar-refractivity contribution in [2.45, 2.75) is 31.1 Å². The molecule has 1 aliphatic rings. The summed E-state index contributed by atoms with van der Waals surface area (Å²) in [6.07, 6.45) is -3.36. The topological polar surface area (TPSA) is 46.9 Å². The molecular weight excluding hydrogens is 439 g/mol. The van der Waals surface area contributed by atoms with Gasteiger partial charge in [-0.15, -0.1) is 0 Å². The largest absolute Gasteiger partial charge is 0.410 e. The van der Waals surface area contributed by atoms with Crippen LogP contribution in [0.4, 0.5) is 19.0 Å². The van der Waals surface area contributed by atoms with Gasteiger partial charge in [-0.3, -0.25) is 4.79 Å². The van der Waals surface area contributed by atoms with Gasteiger partial charge < -0.3 is 5.32 Å². The quantitative estimate of drug-likeness (QED) is 0.339. The third-order valence-electron chi connectivity index (χ3n) is 6.17. The van der Waals surface area contributed by atoms with Crippen molar-refractivity contribution in [3.63, 3.8) is 0 Å². The van der Waals surface area contributed by atoms with Crippen molar-refractivity contribution in [3.8, 4) is 11.1 Å². The van der Waals surface area contributed by atoms with Crippen molar-refractivity contribution < 1.29 is 18.0 Å². The van der Waals surface area contributed by atoms with E-state index in [1.165, 1.54) is 6.20 Å². The second-order valence-electron chi connectivity index (χ2n) is 8.42. The highest BCUT2D eigenvalue weighted by Crippen LogP contribution is 2.44. The lowest BCUT2D eigenvalue weighted by molar-refractivity contribution is -0.173. The van der Waals surface area contributed by atoms with Crippen LogP contribution < -0.4 is 5.32 Å². The Morgan fingerprint density at radius 3 is 2.18 bits per heavy atom. The van der Waals surface area contributed by atoms with Crippen LogP contribution in [0.15, 0.2) is 91.1 Å². The van der Waals surface area contributed by atoms with E-state index >= 15 is 0 Å². The number of hydrogen-bond acceptors (Lipinski definition) is 3. The lowest BCUT2D eigenvalue weighted by Gasteiger charge is -2.34. The van der Waals surface area contributed by atoms with Crippen LogP contribution >= 0.6 is 0 Å². The number of carbonyl (C=O) groups excluding carboxylic acids is 1. The Balaban J connectivity index is 1.41. The van der Waals surface area contributed by atoms with Crippen molar-refractivity contribution in [2.75, 3.05) is 5.32 Å². The van der Waals surface area contributed by atoms with Crippen LogP contribution in [-0.4, -0.2) is 21.7 Å². The molecule has 2 heterocycles. The van der Waals surface area contributed by atoms with Gasteiger partial charge in [0, 0.05) is 12.8 Å². The Hall–Kier alpha value is -3.87. The van der Waals surface area contributed by atoms with E-state index in [0.717, 1.165) is 26.9 Å². The maximum absolute atomic E-state index is 13.9. The molecule has 0 spiro atoms. The Kier molecular flexibility index (Phi) is 5.69. The number of nitrogens with zero attached hydrogens (tertiary/aromatic N) is 2. The Bertz CT molecular complexity index is 1280. The predicted octanol–water partition coefficient (Wildman–Crippen LogP) is 6.64. The van der Waals surface area contributed by atoms with E-state index in [9.17, 15) is 18.0 Å². The molecule has 4 aromatic rings. The Labute approximate surface area is 195 Å². The first-order valence-corrected chi connectivity index (χ1v) is 11.0. The van der Waals surface area contributed by atoms with Crippen LogP contribution in [0.3, 0.4) is 0 Å². The van der Waals surface area contributed by atoms with Gasteiger partial charge in [-0.05, 0) is 22.3 Å². The van der Waals surface area contributed by atoms with Crippen LogP contribution in [0, 0.1) is 0 Å². The number of ketones is 1. The molecule has 2 atom stereocenters. The number of hydrogen-bond donors (Lipinski definition) is 1. The van der Waals surface area contributed by atoms with Crippen LogP contribution in [-0.2, 0) is 6.42 Å². The van der Waals surface area contributed by atoms with E-state index in [0.29, 0.717) is 0 Å². The number of fused-ring (bicyclic) bond motifs is 1. The Morgan fingerprint density at radius 2 is 1.53 bits per heavy atom. The third-order valence-corrected chi connectivity index (χ3v) is 6.17. The average Bonchev–Trinajstić information content (AvgIpc) is 3.28. The number of benzene rings is 3. The van der Waals surface area contributed by atoms with E-state index in [1.54, 1.807) is 24.3 Å². The van der Waals surface area contributed by atoms with Gasteiger partial charge in [0.25, 0.3) is 0 Å². The van der Waals surface area contributed by atoms with Gasteiger partial charge in [-0.25, -0.2) is 4.68 Å². The molecule has 0 saturated heterocycles. The second kappa shape index (κ2) is 8.82. The molecule has 7 heteroatoms. The molecule has 3 aromatic carbocycles. The van der Waals surface area contributed by atoms with Gasteiger partial charge in [0.1, 0.15) is 5.82 Å². The van der Waals surface area contributed by atoms with E-state index in [4.69, 9.17) is 0 Å². The van der Waals surface area contributed by atoms with Gasteiger partial charge in [0.15, 0.2) is 11.8 Å². The van der Waals surface area contributed by atoms with Gasteiger partial charge in [0.05, 0.1) is 17.8 Å². The highest BCUT2D eigenvalue weighted by atomic mass is 19.4. The summed E-state index contributed by atoms with van der Waals surface area (Å²) in [7, 11) is 0. The molecule has 0 radical (unpaired) electrons. The lowest BCUT2D eigenvalue weighted by Crippen LogP contribution is -2.36. The minimum atomic E-state index is -4.48. The molecule has 5 rings (SSSR count). The van der Waals surface area contributed by atoms with Crippen molar-refractivity contribution in [1.29, 1.82) is 0 Å².